The number of nitrogens with two attached hydrogens (primary N) is 1. The second kappa shape index (κ2) is 3.89. The Hall–Kier alpha value is -1.58. The zero-order valence-corrected chi connectivity index (χ0v) is 7.54. The van der Waals surface area contributed by atoms with Gasteiger partial charge in [-0.15, -0.1) is 0 Å². The van der Waals surface area contributed by atoms with E-state index in [2.05, 4.69) is 9.99 Å². The molecular formula is C9H11FN2O. The molecule has 0 radical (unpaired) electrons. The second-order valence-electron chi connectivity index (χ2n) is 2.60. The molecule has 1 aromatic carbocycles. The first-order valence-electron chi connectivity index (χ1n) is 3.78. The molecule has 0 spiro atoms. The first-order valence-corrected chi connectivity index (χ1v) is 3.78. The maximum Gasteiger partial charge on any atom is 0.132 e. The summed E-state index contributed by atoms with van der Waals surface area (Å²) in [6.07, 6.45) is 0. The number of benzene rings is 1. The molecule has 0 aliphatic rings. The maximum absolute atomic E-state index is 13.2. The van der Waals surface area contributed by atoms with E-state index in [1.54, 1.807) is 6.92 Å². The van der Waals surface area contributed by atoms with Gasteiger partial charge < -0.3 is 10.6 Å². The van der Waals surface area contributed by atoms with Gasteiger partial charge in [-0.1, -0.05) is 5.16 Å². The molecule has 0 saturated carbocycles. The number of hydrogen-bond acceptors (Lipinski definition) is 3. The Bertz CT molecular complexity index is 336. The quantitative estimate of drug-likeness (QED) is 0.430. The fourth-order valence-electron chi connectivity index (χ4n) is 1.01. The van der Waals surface area contributed by atoms with Gasteiger partial charge in [-0.3, -0.25) is 0 Å². The fourth-order valence-corrected chi connectivity index (χ4v) is 1.01. The van der Waals surface area contributed by atoms with Crippen molar-refractivity contribution in [3.8, 4) is 0 Å². The van der Waals surface area contributed by atoms with Crippen molar-refractivity contribution < 1.29 is 9.23 Å². The summed E-state index contributed by atoms with van der Waals surface area (Å²) in [5.41, 5.74) is 6.83. The first-order chi connectivity index (χ1) is 6.15. The van der Waals surface area contributed by atoms with Gasteiger partial charge in [0.25, 0.3) is 0 Å². The predicted molar refractivity (Wildman–Crippen MR) is 50.0 cm³/mol. The van der Waals surface area contributed by atoms with Crippen molar-refractivity contribution >= 4 is 11.4 Å². The third-order valence-electron chi connectivity index (χ3n) is 1.61. The third-order valence-corrected chi connectivity index (χ3v) is 1.61. The van der Waals surface area contributed by atoms with Crippen molar-refractivity contribution in [1.29, 1.82) is 0 Å². The highest BCUT2D eigenvalue weighted by Crippen LogP contribution is 2.12. The Morgan fingerprint density at radius 2 is 2.23 bits per heavy atom. The van der Waals surface area contributed by atoms with Crippen LogP contribution in [-0.4, -0.2) is 12.8 Å². The molecule has 3 nitrogen and oxygen atoms in total. The summed E-state index contributed by atoms with van der Waals surface area (Å²) in [6.45, 7) is 1.65. The summed E-state index contributed by atoms with van der Waals surface area (Å²) < 4.78 is 13.2. The molecule has 1 aromatic rings. The van der Waals surface area contributed by atoms with Gasteiger partial charge in [0.05, 0.1) is 5.71 Å². The number of rotatable bonds is 2. The zero-order valence-electron chi connectivity index (χ0n) is 7.54. The van der Waals surface area contributed by atoms with Crippen molar-refractivity contribution in [3.05, 3.63) is 29.6 Å². The molecular weight excluding hydrogens is 171 g/mol. The van der Waals surface area contributed by atoms with Crippen LogP contribution < -0.4 is 5.73 Å². The van der Waals surface area contributed by atoms with Crippen LogP contribution in [0.3, 0.4) is 0 Å². The summed E-state index contributed by atoms with van der Waals surface area (Å²) in [4.78, 5) is 4.53. The van der Waals surface area contributed by atoms with Gasteiger partial charge >= 0.3 is 0 Å². The molecule has 0 amide bonds. The van der Waals surface area contributed by atoms with Crippen molar-refractivity contribution in [2.24, 2.45) is 5.16 Å². The Morgan fingerprint density at radius 3 is 2.85 bits per heavy atom. The number of anilines is 1. The number of oxime groups is 1. The summed E-state index contributed by atoms with van der Waals surface area (Å²) in [5.74, 6) is -0.354. The van der Waals surface area contributed by atoms with Crippen molar-refractivity contribution in [3.63, 3.8) is 0 Å². The lowest BCUT2D eigenvalue weighted by atomic mass is 10.1. The number of nitrogen functional groups attached to an aromatic ring is 1. The molecule has 1 rings (SSSR count). The SMILES string of the molecule is CO/N=C(/C)c1cc(N)ccc1F. The summed E-state index contributed by atoms with van der Waals surface area (Å²) >= 11 is 0. The third kappa shape index (κ3) is 2.18. The van der Waals surface area contributed by atoms with Gasteiger partial charge in [0.2, 0.25) is 0 Å². The lowest BCUT2D eigenvalue weighted by Crippen LogP contribution is -2.00. The lowest BCUT2D eigenvalue weighted by Gasteiger charge is -2.02. The van der Waals surface area contributed by atoms with Gasteiger partial charge in [-0.05, 0) is 25.1 Å². The zero-order chi connectivity index (χ0) is 9.84. The number of halogens is 1. The number of hydrogen-bond donors (Lipinski definition) is 1. The van der Waals surface area contributed by atoms with Crippen LogP contribution in [-0.2, 0) is 4.84 Å². The van der Waals surface area contributed by atoms with E-state index in [-0.39, 0.29) is 5.82 Å². The molecule has 13 heavy (non-hydrogen) atoms. The van der Waals surface area contributed by atoms with Crippen LogP contribution in [0.4, 0.5) is 10.1 Å². The van der Waals surface area contributed by atoms with Crippen LogP contribution >= 0.6 is 0 Å². The van der Waals surface area contributed by atoms with Crippen LogP contribution in [0.1, 0.15) is 12.5 Å². The molecule has 0 aliphatic heterocycles. The van der Waals surface area contributed by atoms with E-state index in [1.807, 2.05) is 0 Å². The monoisotopic (exact) mass is 182 g/mol. The Kier molecular flexibility index (Phi) is 2.84. The highest BCUT2D eigenvalue weighted by molar-refractivity contribution is 5.99. The standard InChI is InChI=1S/C9H11FN2O/c1-6(12-13-2)8-5-7(11)3-4-9(8)10/h3-5H,11H2,1-2H3/b12-6-. The summed E-state index contributed by atoms with van der Waals surface area (Å²) in [6, 6.07) is 4.32. The van der Waals surface area contributed by atoms with Crippen molar-refractivity contribution in [1.82, 2.24) is 0 Å². The van der Waals surface area contributed by atoms with Gasteiger partial charge in [-0.2, -0.15) is 0 Å². The molecule has 4 heteroatoms. The molecule has 70 valence electrons. The van der Waals surface area contributed by atoms with E-state index in [9.17, 15) is 4.39 Å². The van der Waals surface area contributed by atoms with Crippen molar-refractivity contribution in [2.75, 3.05) is 12.8 Å². The van der Waals surface area contributed by atoms with Crippen LogP contribution in [0, 0.1) is 5.82 Å². The normalized spacial score (nSPS) is 11.5. The molecule has 0 atom stereocenters. The minimum Gasteiger partial charge on any atom is -0.399 e. The lowest BCUT2D eigenvalue weighted by molar-refractivity contribution is 0.213. The topological polar surface area (TPSA) is 47.6 Å². The molecule has 0 saturated heterocycles. The molecule has 0 aromatic heterocycles. The van der Waals surface area contributed by atoms with E-state index in [0.717, 1.165) is 0 Å². The molecule has 0 heterocycles. The molecule has 2 N–H and O–H groups in total. The van der Waals surface area contributed by atoms with Gasteiger partial charge in [0.1, 0.15) is 12.9 Å². The van der Waals surface area contributed by atoms with Gasteiger partial charge in [0, 0.05) is 11.3 Å². The average molecular weight is 182 g/mol. The van der Waals surface area contributed by atoms with Crippen molar-refractivity contribution in [2.45, 2.75) is 6.92 Å². The maximum atomic E-state index is 13.2. The van der Waals surface area contributed by atoms with Crippen LogP contribution in [0.2, 0.25) is 0 Å². The second-order valence-corrected chi connectivity index (χ2v) is 2.60. The van der Waals surface area contributed by atoms with E-state index in [1.165, 1.54) is 25.3 Å². The van der Waals surface area contributed by atoms with E-state index in [4.69, 9.17) is 5.73 Å². The van der Waals surface area contributed by atoms with E-state index < -0.39 is 0 Å². The highest BCUT2D eigenvalue weighted by Gasteiger charge is 2.05. The predicted octanol–water partition coefficient (Wildman–Crippen LogP) is 1.78. The minimum absolute atomic E-state index is 0.354. The van der Waals surface area contributed by atoms with Crippen LogP contribution in [0.5, 0.6) is 0 Å². The number of nitrogens with zero attached hydrogens (tertiary/aromatic N) is 1. The fraction of sp³-hybridized carbons (Fsp3) is 0.222. The molecule has 0 fully saturated rings. The van der Waals surface area contributed by atoms with Crippen LogP contribution in [0.25, 0.3) is 0 Å². The minimum atomic E-state index is -0.354. The smallest absolute Gasteiger partial charge is 0.132 e. The molecule has 0 bridgehead atoms. The first kappa shape index (κ1) is 9.51. The largest absolute Gasteiger partial charge is 0.399 e. The average Bonchev–Trinajstić information content (AvgIpc) is 2.09. The highest BCUT2D eigenvalue weighted by atomic mass is 19.1. The Labute approximate surface area is 76.0 Å². The van der Waals surface area contributed by atoms with E-state index >= 15 is 0 Å². The summed E-state index contributed by atoms with van der Waals surface area (Å²) in [5, 5.41) is 3.62. The van der Waals surface area contributed by atoms with Gasteiger partial charge in [0.15, 0.2) is 0 Å². The molecule has 0 unspecified atom stereocenters. The molecule has 0 aliphatic carbocycles. The Balaban J connectivity index is 3.13. The Morgan fingerprint density at radius 1 is 1.54 bits per heavy atom. The van der Waals surface area contributed by atoms with Gasteiger partial charge in [-0.25, -0.2) is 4.39 Å². The van der Waals surface area contributed by atoms with Crippen LogP contribution in [0.15, 0.2) is 23.4 Å². The summed E-state index contributed by atoms with van der Waals surface area (Å²) in [7, 11) is 1.41. The van der Waals surface area contributed by atoms with E-state index in [0.29, 0.717) is 17.0 Å².